The molecule has 0 aliphatic carbocycles. The molecule has 6 heterocycles. The first kappa shape index (κ1) is 34.9. The first-order valence-electron chi connectivity index (χ1n) is 21.7. The van der Waals surface area contributed by atoms with Gasteiger partial charge in [0.05, 0.1) is 61.7 Å². The third-order valence-electron chi connectivity index (χ3n) is 13.2. The standard InChI is InChI=1S/C58H36N6/c1-3-15-38(16-4-1)61-50-23-11-7-19-41(50)45-32-47-43-21-9-13-25-52(43)63(56(47)34-54(45)61)40-27-28-49(60-36-40)37-29-30-59-58(31-37)64-53-26-14-10-22-44(53)48-33-46-42-20-8-12-24-51(42)62(55(46)35-57(48)64)39-17-5-2-6-18-39/h1-36H. The fourth-order valence-corrected chi connectivity index (χ4v) is 10.5. The largest absolute Gasteiger partial charge is 0.309 e. The van der Waals surface area contributed by atoms with Gasteiger partial charge in [0.2, 0.25) is 0 Å². The molecule has 64 heavy (non-hydrogen) atoms. The SMILES string of the molecule is c1ccc(-n2c3ccccc3c3cc4c5ccccc5n(-c5ccc(-c6ccnc(-n7c8ccccc8c8cc9c%10ccccc%10n(-c%10ccccc%10)c9cc87)c6)nc5)c4cc32)cc1. The smallest absolute Gasteiger partial charge is 0.138 e. The van der Waals surface area contributed by atoms with E-state index in [1.807, 2.05) is 12.4 Å². The number of rotatable bonds is 5. The zero-order valence-corrected chi connectivity index (χ0v) is 34.5. The van der Waals surface area contributed by atoms with Gasteiger partial charge in [-0.15, -0.1) is 0 Å². The maximum absolute atomic E-state index is 5.17. The molecular formula is C58H36N6. The van der Waals surface area contributed by atoms with Crippen LogP contribution in [0.1, 0.15) is 0 Å². The van der Waals surface area contributed by atoms with Crippen LogP contribution in [0.25, 0.3) is 121 Å². The summed E-state index contributed by atoms with van der Waals surface area (Å²) in [6.07, 6.45) is 3.92. The van der Waals surface area contributed by atoms with Gasteiger partial charge in [-0.05, 0) is 97.1 Å². The topological polar surface area (TPSA) is 45.5 Å². The molecule has 298 valence electrons. The van der Waals surface area contributed by atoms with Crippen LogP contribution in [-0.2, 0) is 0 Å². The first-order chi connectivity index (χ1) is 31.8. The van der Waals surface area contributed by atoms with Crippen LogP contribution in [0.15, 0.2) is 219 Å². The Bertz CT molecular complexity index is 4170. The highest BCUT2D eigenvalue weighted by molar-refractivity contribution is 6.20. The lowest BCUT2D eigenvalue weighted by Crippen LogP contribution is -1.99. The summed E-state index contributed by atoms with van der Waals surface area (Å²) in [5.74, 6) is 0.844. The van der Waals surface area contributed by atoms with Crippen molar-refractivity contribution in [2.75, 3.05) is 0 Å². The van der Waals surface area contributed by atoms with Gasteiger partial charge in [-0.25, -0.2) is 4.98 Å². The van der Waals surface area contributed by atoms with Crippen molar-refractivity contribution < 1.29 is 0 Å². The number of benzene rings is 8. The molecule has 0 N–H and O–H groups in total. The van der Waals surface area contributed by atoms with E-state index in [-0.39, 0.29) is 0 Å². The predicted octanol–water partition coefficient (Wildman–Crippen LogP) is 14.5. The van der Waals surface area contributed by atoms with Crippen molar-refractivity contribution in [3.8, 4) is 34.1 Å². The van der Waals surface area contributed by atoms with Crippen LogP contribution in [0.4, 0.5) is 0 Å². The zero-order chi connectivity index (χ0) is 41.9. The lowest BCUT2D eigenvalue weighted by Gasteiger charge is -2.12. The fourth-order valence-electron chi connectivity index (χ4n) is 10.5. The number of para-hydroxylation sites is 6. The Kier molecular flexibility index (Phi) is 7.30. The summed E-state index contributed by atoms with van der Waals surface area (Å²) >= 11 is 0. The Balaban J connectivity index is 0.926. The number of hydrogen-bond acceptors (Lipinski definition) is 2. The monoisotopic (exact) mass is 816 g/mol. The molecule has 0 unspecified atom stereocenters. The zero-order valence-electron chi connectivity index (χ0n) is 34.5. The van der Waals surface area contributed by atoms with Crippen LogP contribution < -0.4 is 0 Å². The highest BCUT2D eigenvalue weighted by Crippen LogP contribution is 2.42. The van der Waals surface area contributed by atoms with Gasteiger partial charge in [0.1, 0.15) is 5.82 Å². The molecule has 8 aromatic carbocycles. The van der Waals surface area contributed by atoms with E-state index >= 15 is 0 Å². The predicted molar refractivity (Wildman–Crippen MR) is 265 cm³/mol. The van der Waals surface area contributed by atoms with Crippen molar-refractivity contribution in [3.05, 3.63) is 219 Å². The van der Waals surface area contributed by atoms with E-state index in [2.05, 4.69) is 225 Å². The van der Waals surface area contributed by atoms with Crippen molar-refractivity contribution >= 4 is 87.2 Å². The van der Waals surface area contributed by atoms with Crippen molar-refractivity contribution in [3.63, 3.8) is 0 Å². The van der Waals surface area contributed by atoms with E-state index in [1.54, 1.807) is 0 Å². The van der Waals surface area contributed by atoms with E-state index in [4.69, 9.17) is 9.97 Å². The summed E-state index contributed by atoms with van der Waals surface area (Å²) in [5.41, 5.74) is 14.4. The van der Waals surface area contributed by atoms with Gasteiger partial charge in [0, 0.05) is 66.2 Å². The van der Waals surface area contributed by atoms with Crippen LogP contribution >= 0.6 is 0 Å². The van der Waals surface area contributed by atoms with Crippen molar-refractivity contribution in [1.82, 2.24) is 28.2 Å². The Morgan fingerprint density at radius 1 is 0.266 bits per heavy atom. The van der Waals surface area contributed by atoms with Crippen molar-refractivity contribution in [1.29, 1.82) is 0 Å². The number of hydrogen-bond donors (Lipinski definition) is 0. The molecule has 6 heteroatoms. The normalized spacial score (nSPS) is 12.1. The molecule has 0 aliphatic rings. The van der Waals surface area contributed by atoms with E-state index in [0.717, 1.165) is 61.7 Å². The van der Waals surface area contributed by atoms with Crippen LogP contribution in [0, 0.1) is 0 Å². The van der Waals surface area contributed by atoms with Crippen LogP contribution in [0.5, 0.6) is 0 Å². The van der Waals surface area contributed by atoms with E-state index in [9.17, 15) is 0 Å². The Hall–Kier alpha value is -8.74. The second-order valence-corrected chi connectivity index (χ2v) is 16.7. The molecule has 0 atom stereocenters. The quantitative estimate of drug-likeness (QED) is 0.174. The summed E-state index contributed by atoms with van der Waals surface area (Å²) < 4.78 is 9.43. The van der Waals surface area contributed by atoms with Gasteiger partial charge < -0.3 is 13.7 Å². The van der Waals surface area contributed by atoms with Gasteiger partial charge in [-0.3, -0.25) is 9.55 Å². The Morgan fingerprint density at radius 2 is 0.672 bits per heavy atom. The summed E-state index contributed by atoms with van der Waals surface area (Å²) in [5, 5.41) is 9.77. The maximum Gasteiger partial charge on any atom is 0.138 e. The third-order valence-corrected chi connectivity index (χ3v) is 13.2. The van der Waals surface area contributed by atoms with E-state index < -0.39 is 0 Å². The summed E-state index contributed by atoms with van der Waals surface area (Å²) in [4.78, 5) is 10.2. The minimum absolute atomic E-state index is 0.844. The lowest BCUT2D eigenvalue weighted by atomic mass is 10.1. The van der Waals surface area contributed by atoms with Gasteiger partial charge in [-0.2, -0.15) is 0 Å². The number of aromatic nitrogens is 6. The second kappa shape index (κ2) is 13.4. The summed E-state index contributed by atoms with van der Waals surface area (Å²) in [6.45, 7) is 0. The summed E-state index contributed by atoms with van der Waals surface area (Å²) in [6, 6.07) is 74.1. The average molecular weight is 817 g/mol. The minimum Gasteiger partial charge on any atom is -0.309 e. The first-order valence-corrected chi connectivity index (χ1v) is 21.7. The molecule has 0 spiro atoms. The van der Waals surface area contributed by atoms with E-state index in [1.165, 1.54) is 59.6 Å². The molecule has 6 aromatic heterocycles. The minimum atomic E-state index is 0.844. The maximum atomic E-state index is 5.17. The van der Waals surface area contributed by atoms with Gasteiger partial charge in [0.25, 0.3) is 0 Å². The molecule has 0 radical (unpaired) electrons. The van der Waals surface area contributed by atoms with E-state index in [0.29, 0.717) is 0 Å². The average Bonchev–Trinajstić information content (AvgIpc) is 4.07. The van der Waals surface area contributed by atoms with Gasteiger partial charge in [0.15, 0.2) is 0 Å². The third kappa shape index (κ3) is 4.96. The molecule has 0 fully saturated rings. The summed E-state index contributed by atoms with van der Waals surface area (Å²) in [7, 11) is 0. The fraction of sp³-hybridized carbons (Fsp3) is 0. The molecular weight excluding hydrogens is 781 g/mol. The van der Waals surface area contributed by atoms with Crippen LogP contribution in [0.3, 0.4) is 0 Å². The molecule has 0 aliphatic heterocycles. The number of nitrogens with zero attached hydrogens (tertiary/aromatic N) is 6. The lowest BCUT2D eigenvalue weighted by molar-refractivity contribution is 1.08. The molecule has 14 rings (SSSR count). The Labute approximate surface area is 366 Å². The molecule has 6 nitrogen and oxygen atoms in total. The van der Waals surface area contributed by atoms with Crippen molar-refractivity contribution in [2.24, 2.45) is 0 Å². The van der Waals surface area contributed by atoms with Crippen molar-refractivity contribution in [2.45, 2.75) is 0 Å². The highest BCUT2D eigenvalue weighted by Gasteiger charge is 2.21. The van der Waals surface area contributed by atoms with Crippen LogP contribution in [0.2, 0.25) is 0 Å². The number of pyridine rings is 2. The molecule has 0 saturated heterocycles. The van der Waals surface area contributed by atoms with Crippen LogP contribution in [-0.4, -0.2) is 28.2 Å². The molecule has 14 aromatic rings. The highest BCUT2D eigenvalue weighted by atomic mass is 15.1. The molecule has 0 saturated carbocycles. The number of fused-ring (bicyclic) bond motifs is 12. The van der Waals surface area contributed by atoms with Gasteiger partial charge >= 0.3 is 0 Å². The molecule has 0 bridgehead atoms. The second-order valence-electron chi connectivity index (χ2n) is 16.7. The van der Waals surface area contributed by atoms with Gasteiger partial charge in [-0.1, -0.05) is 109 Å². The Morgan fingerprint density at radius 3 is 1.12 bits per heavy atom. The molecule has 0 amide bonds.